The fourth-order valence-corrected chi connectivity index (χ4v) is 3.70. The summed E-state index contributed by atoms with van der Waals surface area (Å²) in [5, 5.41) is 0. The van der Waals surface area contributed by atoms with Crippen molar-refractivity contribution < 1.29 is 4.74 Å². The number of hydrogen-bond acceptors (Lipinski definition) is 4. The van der Waals surface area contributed by atoms with Gasteiger partial charge in [0, 0.05) is 31.5 Å². The highest BCUT2D eigenvalue weighted by atomic mass is 16.5. The Kier molecular flexibility index (Phi) is 3.94. The highest BCUT2D eigenvalue weighted by molar-refractivity contribution is 5.37. The van der Waals surface area contributed by atoms with Crippen LogP contribution in [0.3, 0.4) is 0 Å². The van der Waals surface area contributed by atoms with Gasteiger partial charge in [-0.25, -0.2) is 4.98 Å². The molecule has 2 aromatic heterocycles. The van der Waals surface area contributed by atoms with E-state index in [-0.39, 0.29) is 0 Å². The molecule has 3 aromatic rings. The van der Waals surface area contributed by atoms with Gasteiger partial charge in [0.05, 0.1) is 25.2 Å². The topological polar surface area (TPSA) is 42.7 Å². The molecule has 0 N–H and O–H groups in total. The summed E-state index contributed by atoms with van der Waals surface area (Å²) in [6.07, 6.45) is 8.75. The Balaban J connectivity index is 1.60. The van der Waals surface area contributed by atoms with E-state index in [1.54, 1.807) is 13.3 Å². The molecule has 1 saturated heterocycles. The molecule has 1 aliphatic heterocycles. The standard InChI is InChI=1S/C19H22N4O/c1-14-9-18(15-3-5-17(24-2)6-4-15)22(12-14)13-16-10-21-19-11-20-7-8-23(16)19/h3-8,10-11,14,18H,9,12-13H2,1-2H3. The maximum atomic E-state index is 5.28. The zero-order chi connectivity index (χ0) is 16.5. The van der Waals surface area contributed by atoms with E-state index in [4.69, 9.17) is 4.74 Å². The van der Waals surface area contributed by atoms with Gasteiger partial charge in [-0.15, -0.1) is 0 Å². The zero-order valence-corrected chi connectivity index (χ0v) is 14.1. The first kappa shape index (κ1) is 15.1. The maximum absolute atomic E-state index is 5.28. The Morgan fingerprint density at radius 2 is 2.04 bits per heavy atom. The number of hydrogen-bond donors (Lipinski definition) is 0. The molecule has 0 spiro atoms. The van der Waals surface area contributed by atoms with Gasteiger partial charge in [0.1, 0.15) is 5.75 Å². The second-order valence-electron chi connectivity index (χ2n) is 6.61. The van der Waals surface area contributed by atoms with Crippen molar-refractivity contribution in [1.82, 2.24) is 19.3 Å². The highest BCUT2D eigenvalue weighted by Crippen LogP contribution is 2.36. The highest BCUT2D eigenvalue weighted by Gasteiger charge is 2.31. The van der Waals surface area contributed by atoms with E-state index in [2.05, 4.69) is 50.5 Å². The number of rotatable bonds is 4. The van der Waals surface area contributed by atoms with Gasteiger partial charge >= 0.3 is 0 Å². The van der Waals surface area contributed by atoms with Crippen LogP contribution in [0.4, 0.5) is 0 Å². The molecule has 0 amide bonds. The number of benzene rings is 1. The normalized spacial score (nSPS) is 21.4. The van der Waals surface area contributed by atoms with Gasteiger partial charge in [0.15, 0.2) is 5.65 Å². The summed E-state index contributed by atoms with van der Waals surface area (Å²) in [5.74, 6) is 1.60. The van der Waals surface area contributed by atoms with Crippen LogP contribution in [0.1, 0.15) is 30.6 Å². The molecule has 5 heteroatoms. The molecule has 0 bridgehead atoms. The Morgan fingerprint density at radius 1 is 1.21 bits per heavy atom. The molecule has 4 rings (SSSR count). The van der Waals surface area contributed by atoms with Crippen molar-refractivity contribution in [2.75, 3.05) is 13.7 Å². The summed E-state index contributed by atoms with van der Waals surface area (Å²) in [7, 11) is 1.71. The Bertz CT molecular complexity index is 827. The average molecular weight is 322 g/mol. The Labute approximate surface area is 141 Å². The Morgan fingerprint density at radius 3 is 2.83 bits per heavy atom. The van der Waals surface area contributed by atoms with E-state index < -0.39 is 0 Å². The van der Waals surface area contributed by atoms with Crippen molar-refractivity contribution >= 4 is 5.65 Å². The molecule has 0 radical (unpaired) electrons. The number of likely N-dealkylation sites (tertiary alicyclic amines) is 1. The van der Waals surface area contributed by atoms with Crippen LogP contribution in [-0.4, -0.2) is 32.9 Å². The number of nitrogens with zero attached hydrogens (tertiary/aromatic N) is 4. The monoisotopic (exact) mass is 322 g/mol. The molecular formula is C19H22N4O. The smallest absolute Gasteiger partial charge is 0.155 e. The molecule has 5 nitrogen and oxygen atoms in total. The largest absolute Gasteiger partial charge is 0.497 e. The van der Waals surface area contributed by atoms with Crippen LogP contribution in [0.25, 0.3) is 5.65 Å². The van der Waals surface area contributed by atoms with Crippen LogP contribution in [-0.2, 0) is 6.54 Å². The molecule has 2 atom stereocenters. The predicted molar refractivity (Wildman–Crippen MR) is 92.9 cm³/mol. The van der Waals surface area contributed by atoms with E-state index in [0.717, 1.165) is 24.5 Å². The third-order valence-corrected chi connectivity index (χ3v) is 4.87. The van der Waals surface area contributed by atoms with E-state index in [1.165, 1.54) is 17.7 Å². The maximum Gasteiger partial charge on any atom is 0.155 e. The molecule has 1 aliphatic rings. The minimum absolute atomic E-state index is 0.443. The van der Waals surface area contributed by atoms with Gasteiger partial charge in [-0.1, -0.05) is 19.1 Å². The van der Waals surface area contributed by atoms with Gasteiger partial charge in [-0.05, 0) is 30.0 Å². The van der Waals surface area contributed by atoms with E-state index in [9.17, 15) is 0 Å². The predicted octanol–water partition coefficient (Wildman–Crippen LogP) is 3.32. The van der Waals surface area contributed by atoms with Crippen LogP contribution in [0, 0.1) is 5.92 Å². The van der Waals surface area contributed by atoms with Gasteiger partial charge in [0.25, 0.3) is 0 Å². The summed E-state index contributed by atoms with van der Waals surface area (Å²) < 4.78 is 7.41. The summed E-state index contributed by atoms with van der Waals surface area (Å²) in [4.78, 5) is 11.1. The molecule has 3 heterocycles. The molecule has 24 heavy (non-hydrogen) atoms. The first-order chi connectivity index (χ1) is 11.7. The van der Waals surface area contributed by atoms with Crippen molar-refractivity contribution in [3.05, 3.63) is 60.3 Å². The minimum atomic E-state index is 0.443. The van der Waals surface area contributed by atoms with E-state index >= 15 is 0 Å². The summed E-state index contributed by atoms with van der Waals surface area (Å²) in [5.41, 5.74) is 3.47. The lowest BCUT2D eigenvalue weighted by Crippen LogP contribution is -2.24. The second-order valence-corrected chi connectivity index (χ2v) is 6.61. The van der Waals surface area contributed by atoms with Crippen LogP contribution >= 0.6 is 0 Å². The summed E-state index contributed by atoms with van der Waals surface area (Å²) in [6, 6.07) is 8.92. The lowest BCUT2D eigenvalue weighted by Gasteiger charge is -2.24. The fraction of sp³-hybridized carbons (Fsp3) is 0.368. The van der Waals surface area contributed by atoms with Crippen molar-refractivity contribution in [2.45, 2.75) is 25.9 Å². The quantitative estimate of drug-likeness (QED) is 0.739. The minimum Gasteiger partial charge on any atom is -0.497 e. The molecular weight excluding hydrogens is 300 g/mol. The third kappa shape index (κ3) is 2.76. The number of fused-ring (bicyclic) bond motifs is 1. The van der Waals surface area contributed by atoms with Crippen LogP contribution < -0.4 is 4.74 Å². The zero-order valence-electron chi connectivity index (χ0n) is 14.1. The molecule has 0 saturated carbocycles. The van der Waals surface area contributed by atoms with Crippen LogP contribution in [0.5, 0.6) is 5.75 Å². The number of imidazole rings is 1. The van der Waals surface area contributed by atoms with Crippen molar-refractivity contribution in [2.24, 2.45) is 5.92 Å². The first-order valence-electron chi connectivity index (χ1n) is 8.38. The Hall–Kier alpha value is -2.40. The number of aromatic nitrogens is 3. The molecule has 2 unspecified atom stereocenters. The van der Waals surface area contributed by atoms with Gasteiger partial charge in [-0.2, -0.15) is 0 Å². The number of methoxy groups -OCH3 is 1. The van der Waals surface area contributed by atoms with E-state index in [0.29, 0.717) is 12.0 Å². The molecule has 124 valence electrons. The number of ether oxygens (including phenoxy) is 1. The first-order valence-corrected chi connectivity index (χ1v) is 8.38. The van der Waals surface area contributed by atoms with Gasteiger partial charge < -0.3 is 4.74 Å². The van der Waals surface area contributed by atoms with Crippen molar-refractivity contribution in [3.8, 4) is 5.75 Å². The van der Waals surface area contributed by atoms with Crippen LogP contribution in [0.2, 0.25) is 0 Å². The third-order valence-electron chi connectivity index (χ3n) is 4.87. The summed E-state index contributed by atoms with van der Waals surface area (Å²) >= 11 is 0. The fourth-order valence-electron chi connectivity index (χ4n) is 3.70. The van der Waals surface area contributed by atoms with Crippen LogP contribution in [0.15, 0.2) is 49.1 Å². The van der Waals surface area contributed by atoms with Gasteiger partial charge in [0.2, 0.25) is 0 Å². The van der Waals surface area contributed by atoms with Crippen molar-refractivity contribution in [3.63, 3.8) is 0 Å². The lowest BCUT2D eigenvalue weighted by atomic mass is 10.0. The average Bonchev–Trinajstić information content (AvgIpc) is 3.19. The van der Waals surface area contributed by atoms with Gasteiger partial charge in [-0.3, -0.25) is 14.3 Å². The summed E-state index contributed by atoms with van der Waals surface area (Å²) in [6.45, 7) is 4.33. The second kappa shape index (κ2) is 6.24. The molecule has 1 fully saturated rings. The van der Waals surface area contributed by atoms with Crippen molar-refractivity contribution in [1.29, 1.82) is 0 Å². The molecule has 1 aromatic carbocycles. The SMILES string of the molecule is COc1ccc(C2CC(C)CN2Cc2cnc3cnccn23)cc1. The molecule has 0 aliphatic carbocycles. The van der Waals surface area contributed by atoms with E-state index in [1.807, 2.05) is 18.6 Å². The lowest BCUT2D eigenvalue weighted by molar-refractivity contribution is 0.242.